The molecule has 1 aromatic heterocycles. The molecule has 122 valence electrons. The number of fused-ring (bicyclic) bond motifs is 1. The Hall–Kier alpha value is -2.79. The predicted molar refractivity (Wildman–Crippen MR) is 93.6 cm³/mol. The van der Waals surface area contributed by atoms with Gasteiger partial charge in [0.2, 0.25) is 0 Å². The van der Waals surface area contributed by atoms with Gasteiger partial charge in [0.15, 0.2) is 0 Å². The standard InChI is InChI=1S/C18H15ClN2O3/c1-21(2)18(23)13-8-7-11(9-15(13)19)20-17(22)14-10-24-16-6-4-3-5-12(14)16/h3-10H,1-2H3,(H,20,22). The lowest BCUT2D eigenvalue weighted by molar-refractivity contribution is 0.0827. The fourth-order valence-electron chi connectivity index (χ4n) is 2.36. The van der Waals surface area contributed by atoms with E-state index in [1.807, 2.05) is 18.2 Å². The van der Waals surface area contributed by atoms with E-state index < -0.39 is 0 Å². The van der Waals surface area contributed by atoms with E-state index in [0.29, 0.717) is 22.4 Å². The van der Waals surface area contributed by atoms with Gasteiger partial charge in [-0.1, -0.05) is 29.8 Å². The molecule has 0 fully saturated rings. The molecule has 0 aliphatic rings. The summed E-state index contributed by atoms with van der Waals surface area (Å²) in [6.45, 7) is 0. The van der Waals surface area contributed by atoms with Crippen LogP contribution < -0.4 is 5.32 Å². The zero-order valence-electron chi connectivity index (χ0n) is 13.2. The molecule has 0 aliphatic carbocycles. The highest BCUT2D eigenvalue weighted by atomic mass is 35.5. The second-order valence-electron chi connectivity index (χ2n) is 5.49. The first-order chi connectivity index (χ1) is 11.5. The van der Waals surface area contributed by atoms with Crippen molar-refractivity contribution in [2.75, 3.05) is 19.4 Å². The number of hydrogen-bond acceptors (Lipinski definition) is 3. The van der Waals surface area contributed by atoms with Crippen LogP contribution in [0.4, 0.5) is 5.69 Å². The van der Waals surface area contributed by atoms with Crippen LogP contribution in [-0.4, -0.2) is 30.8 Å². The molecule has 2 aromatic carbocycles. The van der Waals surface area contributed by atoms with Crippen LogP contribution in [0.5, 0.6) is 0 Å². The number of hydrogen-bond donors (Lipinski definition) is 1. The number of nitrogens with zero attached hydrogens (tertiary/aromatic N) is 1. The highest BCUT2D eigenvalue weighted by molar-refractivity contribution is 6.34. The third-order valence-electron chi connectivity index (χ3n) is 3.59. The smallest absolute Gasteiger partial charge is 0.259 e. The lowest BCUT2D eigenvalue weighted by Gasteiger charge is -2.12. The van der Waals surface area contributed by atoms with Gasteiger partial charge in [-0.15, -0.1) is 0 Å². The van der Waals surface area contributed by atoms with Gasteiger partial charge < -0.3 is 14.6 Å². The van der Waals surface area contributed by atoms with E-state index in [9.17, 15) is 9.59 Å². The van der Waals surface area contributed by atoms with Crippen LogP contribution in [-0.2, 0) is 0 Å². The highest BCUT2D eigenvalue weighted by Crippen LogP contribution is 2.25. The first-order valence-electron chi connectivity index (χ1n) is 7.26. The summed E-state index contributed by atoms with van der Waals surface area (Å²) >= 11 is 6.15. The lowest BCUT2D eigenvalue weighted by atomic mass is 10.1. The SMILES string of the molecule is CN(C)C(=O)c1ccc(NC(=O)c2coc3ccccc23)cc1Cl. The average molecular weight is 343 g/mol. The largest absolute Gasteiger partial charge is 0.463 e. The molecule has 0 aliphatic heterocycles. The molecule has 3 aromatic rings. The summed E-state index contributed by atoms with van der Waals surface area (Å²) in [6, 6.07) is 12.1. The fraction of sp³-hybridized carbons (Fsp3) is 0.111. The van der Waals surface area contributed by atoms with E-state index in [0.717, 1.165) is 5.39 Å². The van der Waals surface area contributed by atoms with Crippen LogP contribution in [0.15, 0.2) is 53.1 Å². The van der Waals surface area contributed by atoms with E-state index in [1.54, 1.807) is 38.4 Å². The molecule has 0 saturated carbocycles. The number of rotatable bonds is 3. The molecule has 0 radical (unpaired) electrons. The van der Waals surface area contributed by atoms with Crippen molar-refractivity contribution in [1.82, 2.24) is 4.90 Å². The van der Waals surface area contributed by atoms with Crippen molar-refractivity contribution < 1.29 is 14.0 Å². The molecule has 0 bridgehead atoms. The molecule has 0 spiro atoms. The van der Waals surface area contributed by atoms with Crippen LogP contribution in [0.25, 0.3) is 11.0 Å². The molecular weight excluding hydrogens is 328 g/mol. The first kappa shape index (κ1) is 16.1. The van der Waals surface area contributed by atoms with E-state index in [2.05, 4.69) is 5.32 Å². The third kappa shape index (κ3) is 2.98. The maximum Gasteiger partial charge on any atom is 0.259 e. The maximum atomic E-state index is 12.4. The van der Waals surface area contributed by atoms with Crippen molar-refractivity contribution in [3.05, 3.63) is 64.9 Å². The van der Waals surface area contributed by atoms with Crippen molar-refractivity contribution in [3.63, 3.8) is 0 Å². The minimum atomic E-state index is -0.303. The maximum absolute atomic E-state index is 12.4. The summed E-state index contributed by atoms with van der Waals surface area (Å²) in [6.07, 6.45) is 1.42. The Kier molecular flexibility index (Phi) is 4.27. The van der Waals surface area contributed by atoms with E-state index in [-0.39, 0.29) is 16.8 Å². The number of nitrogens with one attached hydrogen (secondary N) is 1. The summed E-state index contributed by atoms with van der Waals surface area (Å²) in [7, 11) is 3.30. The molecular formula is C18H15ClN2O3. The molecule has 5 nitrogen and oxygen atoms in total. The van der Waals surface area contributed by atoms with Crippen LogP contribution in [0.1, 0.15) is 20.7 Å². The minimum absolute atomic E-state index is 0.196. The number of benzene rings is 2. The molecule has 3 rings (SSSR count). The number of halogens is 1. The van der Waals surface area contributed by atoms with E-state index in [4.69, 9.17) is 16.0 Å². The van der Waals surface area contributed by atoms with Crippen molar-refractivity contribution in [1.29, 1.82) is 0 Å². The molecule has 2 amide bonds. The number of furan rings is 1. The third-order valence-corrected chi connectivity index (χ3v) is 3.90. The van der Waals surface area contributed by atoms with E-state index in [1.165, 1.54) is 11.2 Å². The summed E-state index contributed by atoms with van der Waals surface area (Å²) in [5.41, 5.74) is 1.97. The Labute approximate surface area is 143 Å². The average Bonchev–Trinajstić information content (AvgIpc) is 2.98. The number of anilines is 1. The summed E-state index contributed by atoms with van der Waals surface area (Å²) in [5, 5.41) is 3.78. The predicted octanol–water partition coefficient (Wildman–Crippen LogP) is 4.04. The number of para-hydroxylation sites is 1. The van der Waals surface area contributed by atoms with Gasteiger partial charge in [0.1, 0.15) is 11.8 Å². The quantitative estimate of drug-likeness (QED) is 0.781. The summed E-state index contributed by atoms with van der Waals surface area (Å²) < 4.78 is 5.37. The first-order valence-corrected chi connectivity index (χ1v) is 7.64. The summed E-state index contributed by atoms with van der Waals surface area (Å²) in [5.74, 6) is -0.499. The van der Waals surface area contributed by atoms with Gasteiger partial charge in [-0.3, -0.25) is 9.59 Å². The Balaban J connectivity index is 1.85. The van der Waals surface area contributed by atoms with Gasteiger partial charge >= 0.3 is 0 Å². The topological polar surface area (TPSA) is 62.6 Å². The van der Waals surface area contributed by atoms with Gasteiger partial charge in [0, 0.05) is 25.2 Å². The van der Waals surface area contributed by atoms with Crippen molar-refractivity contribution >= 4 is 40.1 Å². The number of carbonyl (C=O) groups excluding carboxylic acids is 2. The van der Waals surface area contributed by atoms with Crippen LogP contribution in [0.2, 0.25) is 5.02 Å². The number of carbonyl (C=O) groups is 2. The van der Waals surface area contributed by atoms with Gasteiger partial charge in [-0.2, -0.15) is 0 Å². The second-order valence-corrected chi connectivity index (χ2v) is 5.90. The molecule has 6 heteroatoms. The molecule has 24 heavy (non-hydrogen) atoms. The Morgan fingerprint density at radius 2 is 1.83 bits per heavy atom. The zero-order chi connectivity index (χ0) is 17.3. The van der Waals surface area contributed by atoms with E-state index >= 15 is 0 Å². The minimum Gasteiger partial charge on any atom is -0.463 e. The summed E-state index contributed by atoms with van der Waals surface area (Å²) in [4.78, 5) is 25.9. The highest BCUT2D eigenvalue weighted by Gasteiger charge is 2.16. The zero-order valence-corrected chi connectivity index (χ0v) is 13.9. The van der Waals surface area contributed by atoms with Crippen molar-refractivity contribution in [2.45, 2.75) is 0 Å². The monoisotopic (exact) mass is 342 g/mol. The van der Waals surface area contributed by atoms with Gasteiger partial charge in [0.25, 0.3) is 11.8 Å². The second kappa shape index (κ2) is 6.37. The molecule has 0 unspecified atom stereocenters. The lowest BCUT2D eigenvalue weighted by Crippen LogP contribution is -2.22. The van der Waals surface area contributed by atoms with Crippen molar-refractivity contribution in [3.8, 4) is 0 Å². The van der Waals surface area contributed by atoms with Crippen molar-refractivity contribution in [2.24, 2.45) is 0 Å². The molecule has 0 saturated heterocycles. The Morgan fingerprint density at radius 1 is 1.08 bits per heavy atom. The molecule has 1 N–H and O–H groups in total. The van der Waals surface area contributed by atoms with Gasteiger partial charge in [-0.25, -0.2) is 0 Å². The van der Waals surface area contributed by atoms with Gasteiger partial charge in [-0.05, 0) is 24.3 Å². The van der Waals surface area contributed by atoms with Crippen LogP contribution in [0.3, 0.4) is 0 Å². The Morgan fingerprint density at radius 3 is 2.54 bits per heavy atom. The van der Waals surface area contributed by atoms with Gasteiger partial charge in [0.05, 0.1) is 16.1 Å². The van der Waals surface area contributed by atoms with Crippen LogP contribution in [0, 0.1) is 0 Å². The normalized spacial score (nSPS) is 10.6. The fourth-order valence-corrected chi connectivity index (χ4v) is 2.62. The molecule has 0 atom stereocenters. The van der Waals surface area contributed by atoms with Crippen LogP contribution >= 0.6 is 11.6 Å². The molecule has 1 heterocycles. The Bertz CT molecular complexity index is 931. The number of amides is 2.